The van der Waals surface area contributed by atoms with Crippen LogP contribution in [0.2, 0.25) is 0 Å². The summed E-state index contributed by atoms with van der Waals surface area (Å²) in [4.78, 5) is 0. The number of benzene rings is 8. The van der Waals surface area contributed by atoms with Gasteiger partial charge in [-0.05, 0) is 113 Å². The van der Waals surface area contributed by atoms with Crippen molar-refractivity contribution in [2.24, 2.45) is 0 Å². The van der Waals surface area contributed by atoms with Gasteiger partial charge >= 0.3 is 6.18 Å². The lowest BCUT2D eigenvalue weighted by molar-refractivity contribution is -0.137. The fraction of sp³-hybridized carbons (Fsp3) is 0.0189. The van der Waals surface area contributed by atoms with E-state index < -0.39 is 11.7 Å². The van der Waals surface area contributed by atoms with Gasteiger partial charge in [0.25, 0.3) is 0 Å². The van der Waals surface area contributed by atoms with E-state index in [0.29, 0.717) is 39.1 Å². The Morgan fingerprint density at radius 3 is 1.44 bits per heavy atom. The van der Waals surface area contributed by atoms with Gasteiger partial charge in [-0.2, -0.15) is 34.2 Å². The Balaban J connectivity index is 1.31. The van der Waals surface area contributed by atoms with Crippen molar-refractivity contribution in [3.05, 3.63) is 192 Å². The van der Waals surface area contributed by atoms with E-state index in [1.54, 1.807) is 24.3 Å². The molecular formula is C53H27F3N6. The van der Waals surface area contributed by atoms with E-state index in [1.807, 2.05) is 130 Å². The molecule has 0 aliphatic heterocycles. The third-order valence-corrected chi connectivity index (χ3v) is 11.4. The number of halogens is 3. The number of nitriles is 4. The van der Waals surface area contributed by atoms with Crippen LogP contribution in [0.1, 0.15) is 27.8 Å². The predicted molar refractivity (Wildman–Crippen MR) is 235 cm³/mol. The van der Waals surface area contributed by atoms with Gasteiger partial charge in [0.1, 0.15) is 11.6 Å². The molecule has 10 aromatic rings. The molecule has 10 rings (SSSR count). The second kappa shape index (κ2) is 14.4. The van der Waals surface area contributed by atoms with E-state index in [2.05, 4.69) is 24.3 Å². The maximum Gasteiger partial charge on any atom is 0.416 e. The SMILES string of the molecule is N#Cc1cccc(-c2ccc3c(c2)c2ccccc2n3-c2ccc(-c3cc(C#N)cc(C(F)(F)F)c3)c(-n3c4ccccc4c4cc(-c5cccc(C#N)c5)ccc43)c2C#N)c1. The molecule has 0 amide bonds. The van der Waals surface area contributed by atoms with Crippen molar-refractivity contribution in [2.75, 3.05) is 0 Å². The number of para-hydroxylation sites is 2. The summed E-state index contributed by atoms with van der Waals surface area (Å²) in [5.74, 6) is 0. The van der Waals surface area contributed by atoms with E-state index in [0.717, 1.165) is 67.0 Å². The van der Waals surface area contributed by atoms with Gasteiger partial charge in [0.2, 0.25) is 0 Å². The number of hydrogen-bond donors (Lipinski definition) is 0. The molecule has 0 saturated carbocycles. The molecule has 0 spiro atoms. The van der Waals surface area contributed by atoms with Crippen LogP contribution in [0.15, 0.2) is 164 Å². The van der Waals surface area contributed by atoms with Gasteiger partial charge in [-0.25, -0.2) is 0 Å². The molecule has 0 bridgehead atoms. The van der Waals surface area contributed by atoms with Crippen molar-refractivity contribution in [1.82, 2.24) is 9.13 Å². The molecule has 0 N–H and O–H groups in total. The second-order valence-electron chi connectivity index (χ2n) is 14.9. The molecule has 0 aliphatic carbocycles. The molecule has 8 aromatic carbocycles. The highest BCUT2D eigenvalue weighted by Crippen LogP contribution is 2.44. The van der Waals surface area contributed by atoms with Crippen molar-refractivity contribution >= 4 is 43.6 Å². The molecule has 0 unspecified atom stereocenters. The monoisotopic (exact) mass is 804 g/mol. The zero-order valence-electron chi connectivity index (χ0n) is 32.4. The topological polar surface area (TPSA) is 105 Å². The maximum absolute atomic E-state index is 14.5. The number of hydrogen-bond acceptors (Lipinski definition) is 4. The van der Waals surface area contributed by atoms with Gasteiger partial charge < -0.3 is 9.13 Å². The van der Waals surface area contributed by atoms with Gasteiger partial charge in [-0.15, -0.1) is 0 Å². The molecule has 2 aromatic heterocycles. The van der Waals surface area contributed by atoms with Crippen LogP contribution in [0.3, 0.4) is 0 Å². The first-order valence-electron chi connectivity index (χ1n) is 19.5. The Kier molecular flexibility index (Phi) is 8.70. The number of alkyl halides is 3. The third kappa shape index (κ3) is 6.01. The molecule has 2 heterocycles. The highest BCUT2D eigenvalue weighted by molar-refractivity contribution is 6.13. The maximum atomic E-state index is 14.5. The van der Waals surface area contributed by atoms with E-state index in [4.69, 9.17) is 0 Å². The lowest BCUT2D eigenvalue weighted by Crippen LogP contribution is -2.08. The Morgan fingerprint density at radius 2 is 0.887 bits per heavy atom. The molecular weight excluding hydrogens is 778 g/mol. The number of fused-ring (bicyclic) bond motifs is 6. The number of rotatable bonds is 5. The van der Waals surface area contributed by atoms with Crippen LogP contribution in [0.5, 0.6) is 0 Å². The summed E-state index contributed by atoms with van der Waals surface area (Å²) in [5.41, 5.74) is 7.83. The normalized spacial score (nSPS) is 11.4. The standard InChI is InChI=1S/C53H27F3N6/c54-53(55,56)40-24-34(30-59)23-39(25-40)41-17-20-51(61-47-13-3-1-11-42(47)44-26-37(15-18-49(44)61)35-9-5-7-32(21-35)28-57)46(31-60)52(41)62-48-14-4-2-12-43(48)45-27-38(16-19-50(45)62)36-10-6-8-33(22-36)29-58/h1-27H. The van der Waals surface area contributed by atoms with Crippen molar-refractivity contribution in [2.45, 2.75) is 6.18 Å². The Labute approximate surface area is 352 Å². The van der Waals surface area contributed by atoms with Gasteiger partial charge in [0, 0.05) is 27.1 Å². The summed E-state index contributed by atoms with van der Waals surface area (Å²) in [7, 11) is 0. The van der Waals surface area contributed by atoms with Gasteiger partial charge in [-0.3, -0.25) is 0 Å². The van der Waals surface area contributed by atoms with Gasteiger partial charge in [0.05, 0.1) is 73.9 Å². The average molecular weight is 805 g/mol. The average Bonchev–Trinajstić information content (AvgIpc) is 3.82. The number of nitrogens with zero attached hydrogens (tertiary/aromatic N) is 6. The first-order chi connectivity index (χ1) is 30.2. The van der Waals surface area contributed by atoms with Crippen LogP contribution in [-0.2, 0) is 6.18 Å². The van der Waals surface area contributed by atoms with E-state index in [1.165, 1.54) is 6.07 Å². The highest BCUT2D eigenvalue weighted by atomic mass is 19.4. The van der Waals surface area contributed by atoms with E-state index >= 15 is 0 Å². The minimum Gasteiger partial charge on any atom is -0.308 e. The Hall–Kier alpha value is -8.89. The van der Waals surface area contributed by atoms with Crippen molar-refractivity contribution in [3.63, 3.8) is 0 Å². The van der Waals surface area contributed by atoms with E-state index in [9.17, 15) is 34.2 Å². The molecule has 0 aliphatic rings. The third-order valence-electron chi connectivity index (χ3n) is 11.4. The summed E-state index contributed by atoms with van der Waals surface area (Å²) in [6.45, 7) is 0. The molecule has 0 saturated heterocycles. The second-order valence-corrected chi connectivity index (χ2v) is 14.9. The predicted octanol–water partition coefficient (Wildman–Crippen LogP) is 13.4. The summed E-state index contributed by atoms with van der Waals surface area (Å²) >= 11 is 0. The minimum atomic E-state index is -4.75. The summed E-state index contributed by atoms with van der Waals surface area (Å²) < 4.78 is 47.4. The van der Waals surface area contributed by atoms with Crippen molar-refractivity contribution < 1.29 is 13.2 Å². The summed E-state index contributed by atoms with van der Waals surface area (Å²) in [5, 5.41) is 44.1. The fourth-order valence-corrected chi connectivity index (χ4v) is 8.70. The Bertz CT molecular complexity index is 3690. The lowest BCUT2D eigenvalue weighted by atomic mass is 9.95. The highest BCUT2D eigenvalue weighted by Gasteiger charge is 2.32. The van der Waals surface area contributed by atoms with Crippen LogP contribution in [-0.4, -0.2) is 9.13 Å². The van der Waals surface area contributed by atoms with Gasteiger partial charge in [0.15, 0.2) is 0 Å². The van der Waals surface area contributed by atoms with Crippen LogP contribution in [0.25, 0.3) is 88.4 Å². The van der Waals surface area contributed by atoms with Crippen molar-refractivity contribution in [3.8, 4) is 69.0 Å². The first kappa shape index (κ1) is 37.4. The Morgan fingerprint density at radius 1 is 0.387 bits per heavy atom. The van der Waals surface area contributed by atoms with Crippen LogP contribution >= 0.6 is 0 Å². The zero-order chi connectivity index (χ0) is 42.7. The van der Waals surface area contributed by atoms with Crippen LogP contribution < -0.4 is 0 Å². The fourth-order valence-electron chi connectivity index (χ4n) is 8.70. The molecule has 0 atom stereocenters. The summed E-state index contributed by atoms with van der Waals surface area (Å²) in [6.07, 6.45) is -4.75. The smallest absolute Gasteiger partial charge is 0.308 e. The minimum absolute atomic E-state index is 0.122. The zero-order valence-corrected chi connectivity index (χ0v) is 32.4. The van der Waals surface area contributed by atoms with Crippen LogP contribution in [0, 0.1) is 45.3 Å². The molecule has 0 radical (unpaired) electrons. The van der Waals surface area contributed by atoms with E-state index in [-0.39, 0.29) is 16.7 Å². The van der Waals surface area contributed by atoms with Gasteiger partial charge in [-0.1, -0.05) is 78.9 Å². The molecule has 9 heteroatoms. The largest absolute Gasteiger partial charge is 0.416 e. The molecule has 0 fully saturated rings. The quantitative estimate of drug-likeness (QED) is 0.173. The lowest BCUT2D eigenvalue weighted by Gasteiger charge is -2.21. The van der Waals surface area contributed by atoms with Crippen molar-refractivity contribution in [1.29, 1.82) is 21.0 Å². The molecule has 62 heavy (non-hydrogen) atoms. The molecule has 6 nitrogen and oxygen atoms in total. The number of aromatic nitrogens is 2. The molecule has 290 valence electrons. The van der Waals surface area contributed by atoms with Crippen LogP contribution in [0.4, 0.5) is 13.2 Å². The first-order valence-corrected chi connectivity index (χ1v) is 19.5. The summed E-state index contributed by atoms with van der Waals surface area (Å²) in [6, 6.07) is 57.7.